The lowest BCUT2D eigenvalue weighted by atomic mass is 10.1. The van der Waals surface area contributed by atoms with Gasteiger partial charge in [0.1, 0.15) is 0 Å². The number of rotatable bonds is 17. The molecule has 30 heavy (non-hydrogen) atoms. The molecule has 0 aromatic heterocycles. The summed E-state index contributed by atoms with van der Waals surface area (Å²) in [5.41, 5.74) is 2.44. The highest BCUT2D eigenvalue weighted by Gasteiger charge is 2.12. The van der Waals surface area contributed by atoms with E-state index in [1.807, 2.05) is 13.1 Å². The Balaban J connectivity index is 2.58. The number of hydrogen-bond acceptors (Lipinski definition) is 5. The summed E-state index contributed by atoms with van der Waals surface area (Å²) in [5.74, 6) is -0.137. The first-order valence-corrected chi connectivity index (χ1v) is 11.8. The van der Waals surface area contributed by atoms with Crippen molar-refractivity contribution in [3.63, 3.8) is 0 Å². The summed E-state index contributed by atoms with van der Waals surface area (Å²) >= 11 is 0. The van der Waals surface area contributed by atoms with Crippen LogP contribution < -0.4 is 0 Å². The third-order valence-corrected chi connectivity index (χ3v) is 4.95. The molecule has 0 atom stereocenters. The molecular formula is C25H43N3O2. The minimum absolute atomic E-state index is 0.137. The van der Waals surface area contributed by atoms with Crippen molar-refractivity contribution >= 4 is 12.2 Å². The topological polar surface area (TPSA) is 45.1 Å². The van der Waals surface area contributed by atoms with Crippen LogP contribution in [0.15, 0.2) is 29.3 Å². The summed E-state index contributed by atoms with van der Waals surface area (Å²) in [6.45, 7) is 15.1. The third-order valence-electron chi connectivity index (χ3n) is 4.95. The number of unbranched alkanes of at least 4 members (excludes halogenated alkanes) is 1. The summed E-state index contributed by atoms with van der Waals surface area (Å²) in [4.78, 5) is 21.2. The summed E-state index contributed by atoms with van der Waals surface area (Å²) < 4.78 is 5.19. The number of carbonyl (C=O) groups excluding carboxylic acids is 1. The maximum atomic E-state index is 12.1. The van der Waals surface area contributed by atoms with E-state index in [-0.39, 0.29) is 5.97 Å². The van der Waals surface area contributed by atoms with Gasteiger partial charge in [-0.3, -0.25) is 14.7 Å². The Kier molecular flexibility index (Phi) is 14.9. The van der Waals surface area contributed by atoms with Gasteiger partial charge in [-0.25, -0.2) is 0 Å². The van der Waals surface area contributed by atoms with E-state index in [9.17, 15) is 4.79 Å². The third kappa shape index (κ3) is 12.1. The van der Waals surface area contributed by atoms with E-state index in [0.717, 1.165) is 45.4 Å². The van der Waals surface area contributed by atoms with Gasteiger partial charge in [0.2, 0.25) is 0 Å². The van der Waals surface area contributed by atoms with Crippen LogP contribution in [0.2, 0.25) is 0 Å². The Morgan fingerprint density at radius 1 is 0.900 bits per heavy atom. The van der Waals surface area contributed by atoms with Crippen LogP contribution in [-0.2, 0) is 22.6 Å². The number of hydrogen-bond donors (Lipinski definition) is 0. The van der Waals surface area contributed by atoms with E-state index in [0.29, 0.717) is 13.2 Å². The van der Waals surface area contributed by atoms with Gasteiger partial charge in [0.25, 0.3) is 0 Å². The summed E-state index contributed by atoms with van der Waals surface area (Å²) in [7, 11) is 0. The average Bonchev–Trinajstić information content (AvgIpc) is 2.73. The molecule has 1 rings (SSSR count). The van der Waals surface area contributed by atoms with Crippen LogP contribution in [0.4, 0.5) is 0 Å². The van der Waals surface area contributed by atoms with E-state index in [2.05, 4.69) is 59.8 Å². The van der Waals surface area contributed by atoms with Crippen LogP contribution in [-0.4, -0.2) is 61.3 Å². The number of esters is 1. The van der Waals surface area contributed by atoms with Gasteiger partial charge >= 0.3 is 5.97 Å². The maximum Gasteiger partial charge on any atom is 0.320 e. The van der Waals surface area contributed by atoms with Crippen molar-refractivity contribution < 1.29 is 9.53 Å². The van der Waals surface area contributed by atoms with Crippen molar-refractivity contribution in [2.75, 3.05) is 39.3 Å². The standard InChI is InChI=1S/C25H43N3O2/c1-5-15-26-20-23-11-13-24(14-12-23)21-28(22-25(29)30-8-4)19-10-9-18-27(16-6-2)17-7-3/h11-15H,5-10,16-22H2,1-4H3/b26-15+. The molecule has 1 aromatic carbocycles. The minimum atomic E-state index is -0.137. The number of carbonyl (C=O) groups is 1. The normalized spacial score (nSPS) is 11.7. The number of aliphatic imine (C=N–C) groups is 1. The zero-order valence-corrected chi connectivity index (χ0v) is 19.7. The van der Waals surface area contributed by atoms with Gasteiger partial charge in [0.05, 0.1) is 19.7 Å². The molecule has 0 saturated heterocycles. The molecule has 1 aromatic rings. The second kappa shape index (κ2) is 17.0. The minimum Gasteiger partial charge on any atom is -0.465 e. The van der Waals surface area contributed by atoms with Gasteiger partial charge in [-0.15, -0.1) is 0 Å². The maximum absolute atomic E-state index is 12.1. The van der Waals surface area contributed by atoms with Crippen LogP contribution in [0.3, 0.4) is 0 Å². The number of ether oxygens (including phenoxy) is 1. The van der Waals surface area contributed by atoms with Crippen molar-refractivity contribution in [2.24, 2.45) is 4.99 Å². The predicted molar refractivity (Wildman–Crippen MR) is 127 cm³/mol. The van der Waals surface area contributed by atoms with Gasteiger partial charge in [-0.05, 0) is 82.5 Å². The second-order valence-corrected chi connectivity index (χ2v) is 7.81. The first-order chi connectivity index (χ1) is 14.6. The SMILES string of the molecule is CC/C=N/Cc1ccc(CN(CCCCN(CCC)CCC)CC(=O)OCC)cc1. The van der Waals surface area contributed by atoms with E-state index >= 15 is 0 Å². The first kappa shape index (κ1) is 26.3. The molecule has 0 bridgehead atoms. The lowest BCUT2D eigenvalue weighted by molar-refractivity contribution is -0.144. The molecule has 0 fully saturated rings. The van der Waals surface area contributed by atoms with Crippen molar-refractivity contribution in [3.05, 3.63) is 35.4 Å². The number of benzene rings is 1. The molecule has 0 aliphatic rings. The Hall–Kier alpha value is -1.72. The lowest BCUT2D eigenvalue weighted by Gasteiger charge is -2.24. The molecule has 0 radical (unpaired) electrons. The molecule has 0 aliphatic carbocycles. The molecular weight excluding hydrogens is 374 g/mol. The van der Waals surface area contributed by atoms with Crippen LogP contribution in [0.1, 0.15) is 70.9 Å². The monoisotopic (exact) mass is 417 g/mol. The van der Waals surface area contributed by atoms with E-state index in [1.165, 1.54) is 37.1 Å². The van der Waals surface area contributed by atoms with Crippen LogP contribution >= 0.6 is 0 Å². The van der Waals surface area contributed by atoms with E-state index in [1.54, 1.807) is 0 Å². The molecule has 0 saturated carbocycles. The second-order valence-electron chi connectivity index (χ2n) is 7.81. The van der Waals surface area contributed by atoms with Crippen molar-refractivity contribution in [1.82, 2.24) is 9.80 Å². The summed E-state index contributed by atoms with van der Waals surface area (Å²) in [6, 6.07) is 8.58. The van der Waals surface area contributed by atoms with Gasteiger partial charge in [0.15, 0.2) is 0 Å². The molecule has 0 N–H and O–H groups in total. The highest BCUT2D eigenvalue weighted by molar-refractivity contribution is 5.71. The predicted octanol–water partition coefficient (Wildman–Crippen LogP) is 4.93. The molecule has 0 unspecified atom stereocenters. The molecule has 0 amide bonds. The average molecular weight is 418 g/mol. The van der Waals surface area contributed by atoms with E-state index < -0.39 is 0 Å². The van der Waals surface area contributed by atoms with Crippen LogP contribution in [0, 0.1) is 0 Å². The largest absolute Gasteiger partial charge is 0.465 e. The van der Waals surface area contributed by atoms with Crippen LogP contribution in [0.25, 0.3) is 0 Å². The van der Waals surface area contributed by atoms with Gasteiger partial charge in [-0.1, -0.05) is 45.0 Å². The Bertz CT molecular complexity index is 581. The highest BCUT2D eigenvalue weighted by atomic mass is 16.5. The Morgan fingerprint density at radius 2 is 1.50 bits per heavy atom. The highest BCUT2D eigenvalue weighted by Crippen LogP contribution is 2.10. The fourth-order valence-corrected chi connectivity index (χ4v) is 3.55. The molecule has 0 aliphatic heterocycles. The molecule has 0 heterocycles. The first-order valence-electron chi connectivity index (χ1n) is 11.8. The Labute approximate surface area is 184 Å². The fourth-order valence-electron chi connectivity index (χ4n) is 3.55. The summed E-state index contributed by atoms with van der Waals surface area (Å²) in [5, 5.41) is 0. The van der Waals surface area contributed by atoms with Crippen molar-refractivity contribution in [1.29, 1.82) is 0 Å². The quantitative estimate of drug-likeness (QED) is 0.205. The van der Waals surface area contributed by atoms with Crippen molar-refractivity contribution in [3.8, 4) is 0 Å². The fraction of sp³-hybridized carbons (Fsp3) is 0.680. The van der Waals surface area contributed by atoms with E-state index in [4.69, 9.17) is 4.74 Å². The summed E-state index contributed by atoms with van der Waals surface area (Å²) in [6.07, 6.45) is 7.58. The number of nitrogens with zero attached hydrogens (tertiary/aromatic N) is 3. The van der Waals surface area contributed by atoms with Gasteiger partial charge in [-0.2, -0.15) is 0 Å². The van der Waals surface area contributed by atoms with Gasteiger partial charge < -0.3 is 9.64 Å². The molecule has 5 nitrogen and oxygen atoms in total. The molecule has 170 valence electrons. The zero-order chi connectivity index (χ0) is 22.0. The van der Waals surface area contributed by atoms with Gasteiger partial charge in [0, 0.05) is 6.54 Å². The molecule has 5 heteroatoms. The smallest absolute Gasteiger partial charge is 0.320 e. The Morgan fingerprint density at radius 3 is 2.07 bits per heavy atom. The molecule has 0 spiro atoms. The van der Waals surface area contributed by atoms with Crippen LogP contribution in [0.5, 0.6) is 0 Å². The zero-order valence-electron chi connectivity index (χ0n) is 19.7. The lowest BCUT2D eigenvalue weighted by Crippen LogP contribution is -2.32. The van der Waals surface area contributed by atoms with Crippen molar-refractivity contribution in [2.45, 2.75) is 72.9 Å².